The van der Waals surface area contributed by atoms with Crippen LogP contribution < -0.4 is 0 Å². The molecule has 15 heavy (non-hydrogen) atoms. The Morgan fingerprint density at radius 3 is 2.47 bits per heavy atom. The van der Waals surface area contributed by atoms with E-state index in [0.29, 0.717) is 11.1 Å². The fourth-order valence-electron chi connectivity index (χ4n) is 1.40. The Morgan fingerprint density at radius 1 is 1.07 bits per heavy atom. The van der Waals surface area contributed by atoms with Crippen LogP contribution in [0.3, 0.4) is 0 Å². The minimum absolute atomic E-state index is 0.0993. The zero-order valence-electron chi connectivity index (χ0n) is 8.28. The van der Waals surface area contributed by atoms with E-state index in [2.05, 4.69) is 0 Å². The number of cyclic esters (lactones) is 2. The number of carbonyl (C=O) groups is 2. The van der Waals surface area contributed by atoms with Gasteiger partial charge in [0.15, 0.2) is 0 Å². The normalized spacial score (nSPS) is 15.8. The van der Waals surface area contributed by atoms with Gasteiger partial charge in [0.1, 0.15) is 13.2 Å². The second-order valence-electron chi connectivity index (χ2n) is 3.30. The van der Waals surface area contributed by atoms with E-state index in [-0.39, 0.29) is 13.2 Å². The summed E-state index contributed by atoms with van der Waals surface area (Å²) in [6, 6.07) is 4.85. The van der Waals surface area contributed by atoms with Crippen LogP contribution in [0.5, 0.6) is 0 Å². The van der Waals surface area contributed by atoms with E-state index in [0.717, 1.165) is 5.56 Å². The molecule has 4 heteroatoms. The smallest absolute Gasteiger partial charge is 0.338 e. The van der Waals surface area contributed by atoms with Crippen molar-refractivity contribution in [1.29, 1.82) is 0 Å². The molecule has 0 aromatic heterocycles. The van der Waals surface area contributed by atoms with Gasteiger partial charge in [-0.25, -0.2) is 9.59 Å². The topological polar surface area (TPSA) is 52.6 Å². The lowest BCUT2D eigenvalue weighted by molar-refractivity contribution is 0.0276. The quantitative estimate of drug-likeness (QED) is 0.601. The van der Waals surface area contributed by atoms with Gasteiger partial charge in [-0.05, 0) is 24.6 Å². The van der Waals surface area contributed by atoms with E-state index in [4.69, 9.17) is 9.47 Å². The van der Waals surface area contributed by atoms with Gasteiger partial charge in [0.25, 0.3) is 0 Å². The summed E-state index contributed by atoms with van der Waals surface area (Å²) in [6.07, 6.45) is 0. The SMILES string of the molecule is Cc1ccc2cc1C(=O)OCCOC2=O. The molecule has 0 amide bonds. The summed E-state index contributed by atoms with van der Waals surface area (Å²) in [7, 11) is 0. The van der Waals surface area contributed by atoms with Gasteiger partial charge < -0.3 is 9.47 Å². The van der Waals surface area contributed by atoms with Crippen LogP contribution in [0.15, 0.2) is 18.2 Å². The molecule has 0 atom stereocenters. The third-order valence-electron chi connectivity index (χ3n) is 2.24. The molecular weight excluding hydrogens is 196 g/mol. The van der Waals surface area contributed by atoms with Gasteiger partial charge in [0.2, 0.25) is 0 Å². The van der Waals surface area contributed by atoms with Crippen LogP contribution in [-0.2, 0) is 9.47 Å². The lowest BCUT2D eigenvalue weighted by Crippen LogP contribution is -2.11. The number of rotatable bonds is 0. The fourth-order valence-corrected chi connectivity index (χ4v) is 1.40. The minimum atomic E-state index is -0.422. The highest BCUT2D eigenvalue weighted by Crippen LogP contribution is 2.14. The van der Waals surface area contributed by atoms with Crippen LogP contribution in [0.1, 0.15) is 26.3 Å². The molecule has 1 aromatic carbocycles. The summed E-state index contributed by atoms with van der Waals surface area (Å²) < 4.78 is 9.79. The highest BCUT2D eigenvalue weighted by Gasteiger charge is 2.17. The largest absolute Gasteiger partial charge is 0.458 e. The summed E-state index contributed by atoms with van der Waals surface area (Å²) in [4.78, 5) is 22.9. The van der Waals surface area contributed by atoms with Crippen molar-refractivity contribution in [1.82, 2.24) is 0 Å². The molecular formula is C11H10O4. The van der Waals surface area contributed by atoms with Crippen LogP contribution in [-0.4, -0.2) is 25.2 Å². The molecule has 1 aliphatic heterocycles. The van der Waals surface area contributed by atoms with Crippen molar-refractivity contribution in [2.45, 2.75) is 6.92 Å². The Morgan fingerprint density at radius 2 is 1.73 bits per heavy atom. The maximum atomic E-state index is 11.5. The van der Waals surface area contributed by atoms with Crippen LogP contribution in [0.4, 0.5) is 0 Å². The maximum Gasteiger partial charge on any atom is 0.338 e. The van der Waals surface area contributed by atoms with Gasteiger partial charge in [-0.2, -0.15) is 0 Å². The predicted molar refractivity (Wildman–Crippen MR) is 51.7 cm³/mol. The Bertz CT molecular complexity index is 423. The molecule has 0 unspecified atom stereocenters. The summed E-state index contributed by atoms with van der Waals surface area (Å²) >= 11 is 0. The van der Waals surface area contributed by atoms with E-state index in [1.54, 1.807) is 19.1 Å². The van der Waals surface area contributed by atoms with Crippen LogP contribution in [0, 0.1) is 6.92 Å². The number of aryl methyl sites for hydroxylation is 1. The van der Waals surface area contributed by atoms with E-state index < -0.39 is 11.9 Å². The molecule has 0 saturated heterocycles. The lowest BCUT2D eigenvalue weighted by Gasteiger charge is -2.04. The molecule has 1 heterocycles. The van der Waals surface area contributed by atoms with E-state index in [9.17, 15) is 9.59 Å². The maximum absolute atomic E-state index is 11.5. The summed E-state index contributed by atoms with van der Waals surface area (Å²) in [5.41, 5.74) is 1.60. The van der Waals surface area contributed by atoms with Gasteiger partial charge in [-0.1, -0.05) is 6.07 Å². The van der Waals surface area contributed by atoms with E-state index >= 15 is 0 Å². The van der Waals surface area contributed by atoms with Crippen LogP contribution >= 0.6 is 0 Å². The second-order valence-corrected chi connectivity index (χ2v) is 3.30. The number of hydrogen-bond acceptors (Lipinski definition) is 4. The molecule has 2 bridgehead atoms. The first-order chi connectivity index (χ1) is 7.18. The third kappa shape index (κ3) is 1.83. The first kappa shape index (κ1) is 9.71. The van der Waals surface area contributed by atoms with Gasteiger partial charge in [-0.3, -0.25) is 0 Å². The highest BCUT2D eigenvalue weighted by molar-refractivity contribution is 5.96. The van der Waals surface area contributed by atoms with Crippen molar-refractivity contribution < 1.29 is 19.1 Å². The van der Waals surface area contributed by atoms with Crippen LogP contribution in [0.25, 0.3) is 0 Å². The zero-order chi connectivity index (χ0) is 10.8. The van der Waals surface area contributed by atoms with Gasteiger partial charge >= 0.3 is 11.9 Å². The second kappa shape index (κ2) is 3.73. The van der Waals surface area contributed by atoms with E-state index in [1.165, 1.54) is 6.07 Å². The number of hydrogen-bond donors (Lipinski definition) is 0. The molecule has 2 rings (SSSR count). The molecule has 0 N–H and O–H groups in total. The molecule has 0 spiro atoms. The van der Waals surface area contributed by atoms with Crippen molar-refractivity contribution in [3.63, 3.8) is 0 Å². The molecule has 0 aliphatic carbocycles. The van der Waals surface area contributed by atoms with Crippen molar-refractivity contribution in [2.24, 2.45) is 0 Å². The van der Waals surface area contributed by atoms with Crippen molar-refractivity contribution in [3.05, 3.63) is 34.9 Å². The average molecular weight is 206 g/mol. The van der Waals surface area contributed by atoms with Crippen molar-refractivity contribution >= 4 is 11.9 Å². The van der Waals surface area contributed by atoms with Crippen molar-refractivity contribution in [3.8, 4) is 0 Å². The van der Waals surface area contributed by atoms with Gasteiger partial charge in [0, 0.05) is 0 Å². The highest BCUT2D eigenvalue weighted by atomic mass is 16.6. The molecule has 0 saturated carbocycles. The Hall–Kier alpha value is -1.84. The third-order valence-corrected chi connectivity index (χ3v) is 2.24. The first-order valence-corrected chi connectivity index (χ1v) is 4.63. The zero-order valence-corrected chi connectivity index (χ0v) is 8.28. The summed E-state index contributed by atoms with van der Waals surface area (Å²) in [5.74, 6) is -0.831. The van der Waals surface area contributed by atoms with E-state index in [1.807, 2.05) is 0 Å². The minimum Gasteiger partial charge on any atom is -0.458 e. The first-order valence-electron chi connectivity index (χ1n) is 4.63. The standard InChI is InChI=1S/C11H10O4/c1-7-2-3-8-6-9(7)11(13)15-5-4-14-10(8)12/h2-3,6H,4-5H2,1H3. The molecule has 0 fully saturated rings. The monoisotopic (exact) mass is 206 g/mol. The average Bonchev–Trinajstić information content (AvgIpc) is 2.28. The summed E-state index contributed by atoms with van der Waals surface area (Å²) in [5, 5.41) is 0. The lowest BCUT2D eigenvalue weighted by atomic mass is 10.1. The molecule has 78 valence electrons. The molecule has 0 radical (unpaired) electrons. The molecule has 4 nitrogen and oxygen atoms in total. The predicted octanol–water partition coefficient (Wildman–Crippen LogP) is 1.32. The number of carbonyl (C=O) groups excluding carboxylic acids is 2. The molecule has 1 aromatic rings. The van der Waals surface area contributed by atoms with Crippen LogP contribution in [0.2, 0.25) is 0 Å². The van der Waals surface area contributed by atoms with Gasteiger partial charge in [0.05, 0.1) is 11.1 Å². The van der Waals surface area contributed by atoms with Gasteiger partial charge in [-0.15, -0.1) is 0 Å². The Balaban J connectivity index is 2.51. The molecule has 1 aliphatic rings. The Kier molecular flexibility index (Phi) is 2.41. The number of benzene rings is 1. The number of fused-ring (bicyclic) bond motifs is 2. The Labute approximate surface area is 86.8 Å². The number of ether oxygens (including phenoxy) is 2. The number of esters is 2. The van der Waals surface area contributed by atoms with Crippen molar-refractivity contribution in [2.75, 3.05) is 13.2 Å². The fraction of sp³-hybridized carbons (Fsp3) is 0.273. The summed E-state index contributed by atoms with van der Waals surface area (Å²) in [6.45, 7) is 1.99.